The van der Waals surface area contributed by atoms with Crippen LogP contribution in [-0.4, -0.2) is 66.7 Å². The third-order valence-electron chi connectivity index (χ3n) is 6.56. The van der Waals surface area contributed by atoms with Gasteiger partial charge in [0.2, 0.25) is 5.91 Å². The first-order valence-electron chi connectivity index (χ1n) is 12.6. The van der Waals surface area contributed by atoms with Crippen LogP contribution in [0.15, 0.2) is 71.7 Å². The Hall–Kier alpha value is -3.88. The van der Waals surface area contributed by atoms with Crippen molar-refractivity contribution in [3.63, 3.8) is 0 Å². The monoisotopic (exact) mass is 516 g/mol. The fourth-order valence-electron chi connectivity index (χ4n) is 4.47. The molecule has 0 fully saturated rings. The molecule has 0 saturated carbocycles. The highest BCUT2D eigenvalue weighted by atomic mass is 19.1. The second kappa shape index (κ2) is 12.1. The number of aliphatic carboxylic acids is 1. The van der Waals surface area contributed by atoms with Crippen LogP contribution in [0.5, 0.6) is 0 Å². The lowest BCUT2D eigenvalue weighted by Crippen LogP contribution is -2.28. The molecule has 8 heteroatoms. The van der Waals surface area contributed by atoms with Crippen molar-refractivity contribution in [3.8, 4) is 0 Å². The Labute approximate surface area is 222 Å². The normalized spacial score (nSPS) is 15.2. The molecule has 4 rings (SSSR count). The summed E-state index contributed by atoms with van der Waals surface area (Å²) in [5, 5.41) is 11.8. The van der Waals surface area contributed by atoms with Gasteiger partial charge in [-0.05, 0) is 74.1 Å². The summed E-state index contributed by atoms with van der Waals surface area (Å²) in [6.45, 7) is 2.74. The number of aliphatic imine (C=N–C) groups is 1. The van der Waals surface area contributed by atoms with Crippen LogP contribution in [0.2, 0.25) is 0 Å². The van der Waals surface area contributed by atoms with Crippen LogP contribution in [0, 0.1) is 5.82 Å². The smallest absolute Gasteiger partial charge is 0.303 e. The molecule has 2 N–H and O–H groups in total. The van der Waals surface area contributed by atoms with Crippen molar-refractivity contribution in [2.24, 2.45) is 4.99 Å². The number of carbonyl (C=O) groups excluding carboxylic acids is 1. The molecule has 1 atom stereocenters. The number of rotatable bonds is 11. The van der Waals surface area contributed by atoms with E-state index in [-0.39, 0.29) is 12.3 Å². The number of aryl methyl sites for hydroxylation is 1. The molecule has 198 valence electrons. The van der Waals surface area contributed by atoms with Crippen molar-refractivity contribution in [2.45, 2.75) is 25.3 Å². The van der Waals surface area contributed by atoms with Crippen LogP contribution >= 0.6 is 0 Å². The number of hydrogen-bond donors (Lipinski definition) is 2. The minimum absolute atomic E-state index is 0.0426. The molecule has 0 spiro atoms. The van der Waals surface area contributed by atoms with E-state index < -0.39 is 17.7 Å². The van der Waals surface area contributed by atoms with Crippen molar-refractivity contribution in [1.29, 1.82) is 0 Å². The molecule has 0 saturated heterocycles. The maximum atomic E-state index is 13.8. The van der Waals surface area contributed by atoms with Gasteiger partial charge in [-0.3, -0.25) is 14.6 Å². The van der Waals surface area contributed by atoms with Crippen LogP contribution in [0.3, 0.4) is 0 Å². The molecule has 1 heterocycles. The van der Waals surface area contributed by atoms with E-state index in [0.29, 0.717) is 29.1 Å². The Morgan fingerprint density at radius 1 is 0.974 bits per heavy atom. The van der Waals surface area contributed by atoms with Gasteiger partial charge >= 0.3 is 5.97 Å². The van der Waals surface area contributed by atoms with Crippen LogP contribution in [0.25, 0.3) is 0 Å². The van der Waals surface area contributed by atoms with Crippen molar-refractivity contribution in [1.82, 2.24) is 9.80 Å². The van der Waals surface area contributed by atoms with Crippen LogP contribution < -0.4 is 5.32 Å². The number of anilines is 1. The molecule has 38 heavy (non-hydrogen) atoms. The summed E-state index contributed by atoms with van der Waals surface area (Å²) in [5.74, 6) is -2.24. The number of halogens is 1. The van der Waals surface area contributed by atoms with E-state index in [9.17, 15) is 14.0 Å². The third-order valence-corrected chi connectivity index (χ3v) is 6.56. The predicted molar refractivity (Wildman–Crippen MR) is 148 cm³/mol. The first-order valence-corrected chi connectivity index (χ1v) is 12.6. The van der Waals surface area contributed by atoms with Gasteiger partial charge < -0.3 is 20.2 Å². The number of carboxylic acid groups (broad SMARTS) is 1. The Morgan fingerprint density at radius 3 is 2.32 bits per heavy atom. The number of amides is 1. The second-order valence-electron chi connectivity index (χ2n) is 9.95. The van der Waals surface area contributed by atoms with Crippen LogP contribution in [0.4, 0.5) is 15.8 Å². The molecule has 1 aliphatic heterocycles. The highest BCUT2D eigenvalue weighted by Crippen LogP contribution is 2.36. The number of hydrogen-bond acceptors (Lipinski definition) is 5. The predicted octanol–water partition coefficient (Wildman–Crippen LogP) is 4.69. The molecule has 7 nitrogen and oxygen atoms in total. The lowest BCUT2D eigenvalue weighted by Gasteiger charge is -2.19. The van der Waals surface area contributed by atoms with Gasteiger partial charge in [0.25, 0.3) is 0 Å². The number of nitrogens with one attached hydrogen (secondary N) is 1. The lowest BCUT2D eigenvalue weighted by atomic mass is 9.90. The molecule has 0 aromatic heterocycles. The molecule has 3 aromatic carbocycles. The lowest BCUT2D eigenvalue weighted by molar-refractivity contribution is -0.137. The molecular weight excluding hydrogens is 483 g/mol. The minimum Gasteiger partial charge on any atom is -0.481 e. The molecule has 1 amide bonds. The van der Waals surface area contributed by atoms with Crippen molar-refractivity contribution in [3.05, 3.63) is 94.8 Å². The van der Waals surface area contributed by atoms with Gasteiger partial charge in [-0.15, -0.1) is 0 Å². The summed E-state index contributed by atoms with van der Waals surface area (Å²) in [7, 11) is 6.20. The number of nitrogens with zero attached hydrogens (tertiary/aromatic N) is 3. The highest BCUT2D eigenvalue weighted by Gasteiger charge is 2.35. The molecule has 0 aliphatic carbocycles. The quantitative estimate of drug-likeness (QED) is 0.361. The van der Waals surface area contributed by atoms with Gasteiger partial charge in [-0.25, -0.2) is 4.39 Å². The van der Waals surface area contributed by atoms with E-state index >= 15 is 0 Å². The maximum Gasteiger partial charge on any atom is 0.303 e. The number of fused-ring (bicyclic) bond motifs is 1. The Balaban J connectivity index is 1.64. The average Bonchev–Trinajstić information content (AvgIpc) is 3.20. The van der Waals surface area contributed by atoms with E-state index in [1.807, 2.05) is 48.5 Å². The fourth-order valence-corrected chi connectivity index (χ4v) is 4.47. The van der Waals surface area contributed by atoms with E-state index in [4.69, 9.17) is 10.1 Å². The summed E-state index contributed by atoms with van der Waals surface area (Å²) in [5.41, 5.74) is 5.16. The van der Waals surface area contributed by atoms with E-state index in [1.54, 1.807) is 6.07 Å². The number of carbonyl (C=O) groups is 2. The number of likely N-dealkylation sites (N-methyl/N-ethyl adjacent to an activating group) is 2. The zero-order valence-corrected chi connectivity index (χ0v) is 21.9. The first-order chi connectivity index (χ1) is 18.2. The van der Waals surface area contributed by atoms with E-state index in [1.165, 1.54) is 12.1 Å². The van der Waals surface area contributed by atoms with E-state index in [2.05, 4.69) is 36.3 Å². The molecule has 3 aromatic rings. The summed E-state index contributed by atoms with van der Waals surface area (Å²) in [6.07, 6.45) is 0.458. The highest BCUT2D eigenvalue weighted by molar-refractivity contribution is 6.24. The average molecular weight is 517 g/mol. The summed E-state index contributed by atoms with van der Waals surface area (Å²) in [6, 6.07) is 19.7. The zero-order chi connectivity index (χ0) is 27.2. The first kappa shape index (κ1) is 27.2. The standard InChI is InChI=1S/C30H33FN4O3/c1-34(2)16-17-35(3)19-21-6-12-24(13-7-21)32-29(22-9-4-20(5-10-22)8-15-27(36)37)28-25-14-11-23(31)18-26(25)33-30(28)38/h4-7,9-14,18,28H,8,15-17,19H2,1-3H3,(H,33,38)(H,36,37). The number of carboxylic acids is 1. The van der Waals surface area contributed by atoms with Gasteiger partial charge in [0.1, 0.15) is 11.7 Å². The Bertz CT molecular complexity index is 1320. The molecule has 1 unspecified atom stereocenters. The second-order valence-corrected chi connectivity index (χ2v) is 9.95. The number of benzene rings is 3. The van der Waals surface area contributed by atoms with Crippen molar-refractivity contribution < 1.29 is 19.1 Å². The summed E-state index contributed by atoms with van der Waals surface area (Å²) >= 11 is 0. The summed E-state index contributed by atoms with van der Waals surface area (Å²) in [4.78, 5) is 33.4. The Kier molecular flexibility index (Phi) is 8.66. The minimum atomic E-state index is -0.852. The van der Waals surface area contributed by atoms with Gasteiger partial charge in [0.15, 0.2) is 0 Å². The van der Waals surface area contributed by atoms with Crippen LogP contribution in [-0.2, 0) is 22.6 Å². The molecule has 0 radical (unpaired) electrons. The van der Waals surface area contributed by atoms with E-state index in [0.717, 1.165) is 36.3 Å². The maximum absolute atomic E-state index is 13.8. The zero-order valence-electron chi connectivity index (χ0n) is 21.9. The van der Waals surface area contributed by atoms with Crippen LogP contribution in [0.1, 0.15) is 34.6 Å². The topological polar surface area (TPSA) is 85.2 Å². The summed E-state index contributed by atoms with van der Waals surface area (Å²) < 4.78 is 13.8. The molecular formula is C30H33FN4O3. The van der Waals surface area contributed by atoms with Gasteiger partial charge in [0, 0.05) is 31.7 Å². The fraction of sp³-hybridized carbons (Fsp3) is 0.300. The van der Waals surface area contributed by atoms with Crippen molar-refractivity contribution >= 4 is 29.0 Å². The van der Waals surface area contributed by atoms with Gasteiger partial charge in [-0.1, -0.05) is 42.5 Å². The molecule has 0 bridgehead atoms. The largest absolute Gasteiger partial charge is 0.481 e. The third kappa shape index (κ3) is 6.90. The van der Waals surface area contributed by atoms with Gasteiger partial charge in [0.05, 0.1) is 11.4 Å². The Morgan fingerprint density at radius 2 is 1.66 bits per heavy atom. The molecule has 1 aliphatic rings. The van der Waals surface area contributed by atoms with Gasteiger partial charge in [-0.2, -0.15) is 0 Å². The SMILES string of the molecule is CN(C)CCN(C)Cc1ccc(N=C(c2ccc(CCC(=O)O)cc2)C2C(=O)Nc3cc(F)ccc32)cc1. The van der Waals surface area contributed by atoms with Crippen molar-refractivity contribution in [2.75, 3.05) is 39.5 Å².